The summed E-state index contributed by atoms with van der Waals surface area (Å²) < 4.78 is 0. The first-order valence-electron chi connectivity index (χ1n) is 6.54. The van der Waals surface area contributed by atoms with Crippen molar-refractivity contribution in [2.45, 2.75) is 13.8 Å². The molecule has 0 spiro atoms. The van der Waals surface area contributed by atoms with Gasteiger partial charge in [-0.1, -0.05) is 25.4 Å². The van der Waals surface area contributed by atoms with E-state index in [0.29, 0.717) is 16.9 Å². The zero-order valence-electron chi connectivity index (χ0n) is 12.4. The van der Waals surface area contributed by atoms with Gasteiger partial charge in [0.25, 0.3) is 0 Å². The first kappa shape index (κ1) is 16.0. The SMILES string of the molecule is CNc1ncc(Cl)c(N(CCN(C)C)CC(C)C)n1. The summed E-state index contributed by atoms with van der Waals surface area (Å²) in [5.74, 6) is 1.95. The largest absolute Gasteiger partial charge is 0.357 e. The molecule has 0 radical (unpaired) electrons. The molecule has 1 aromatic rings. The van der Waals surface area contributed by atoms with Gasteiger partial charge >= 0.3 is 0 Å². The van der Waals surface area contributed by atoms with Crippen molar-refractivity contribution in [2.24, 2.45) is 5.92 Å². The van der Waals surface area contributed by atoms with Crippen molar-refractivity contribution in [3.63, 3.8) is 0 Å². The van der Waals surface area contributed by atoms with Crippen molar-refractivity contribution in [3.05, 3.63) is 11.2 Å². The van der Waals surface area contributed by atoms with Crippen LogP contribution in [0.25, 0.3) is 0 Å². The molecule has 0 aliphatic heterocycles. The Labute approximate surface area is 121 Å². The van der Waals surface area contributed by atoms with Gasteiger partial charge in [0, 0.05) is 26.7 Å². The average Bonchev–Trinajstić information content (AvgIpc) is 2.34. The van der Waals surface area contributed by atoms with Gasteiger partial charge in [0.1, 0.15) is 5.02 Å². The molecule has 0 aliphatic rings. The Balaban J connectivity index is 2.94. The minimum Gasteiger partial charge on any atom is -0.357 e. The fourth-order valence-electron chi connectivity index (χ4n) is 1.75. The summed E-state index contributed by atoms with van der Waals surface area (Å²) in [6.07, 6.45) is 1.65. The number of likely N-dealkylation sites (N-methyl/N-ethyl adjacent to an activating group) is 1. The van der Waals surface area contributed by atoms with Crippen LogP contribution in [-0.2, 0) is 0 Å². The van der Waals surface area contributed by atoms with Crippen molar-refractivity contribution in [2.75, 3.05) is 51.0 Å². The van der Waals surface area contributed by atoms with Gasteiger partial charge in [-0.05, 0) is 20.0 Å². The molecule has 5 nitrogen and oxygen atoms in total. The Bertz CT molecular complexity index is 395. The molecule has 1 N–H and O–H groups in total. The van der Waals surface area contributed by atoms with E-state index in [0.717, 1.165) is 25.5 Å². The predicted molar refractivity (Wildman–Crippen MR) is 82.2 cm³/mol. The van der Waals surface area contributed by atoms with Gasteiger partial charge < -0.3 is 15.1 Å². The van der Waals surface area contributed by atoms with Crippen molar-refractivity contribution in [3.8, 4) is 0 Å². The predicted octanol–water partition coefficient (Wildman–Crippen LogP) is 2.20. The number of rotatable bonds is 7. The second-order valence-electron chi connectivity index (χ2n) is 5.26. The van der Waals surface area contributed by atoms with E-state index in [1.54, 1.807) is 13.2 Å². The van der Waals surface area contributed by atoms with Gasteiger partial charge in [-0.2, -0.15) is 4.98 Å². The van der Waals surface area contributed by atoms with Gasteiger partial charge in [-0.15, -0.1) is 0 Å². The highest BCUT2D eigenvalue weighted by Crippen LogP contribution is 2.24. The first-order valence-corrected chi connectivity index (χ1v) is 6.91. The number of aromatic nitrogens is 2. The third-order valence-electron chi connectivity index (χ3n) is 2.65. The molecule has 0 atom stereocenters. The maximum atomic E-state index is 6.24. The van der Waals surface area contributed by atoms with Crippen LogP contribution in [0.15, 0.2) is 6.20 Å². The second kappa shape index (κ2) is 7.50. The average molecular weight is 286 g/mol. The molecule has 0 fully saturated rings. The third kappa shape index (κ3) is 5.20. The molecule has 0 unspecified atom stereocenters. The van der Waals surface area contributed by atoms with E-state index in [4.69, 9.17) is 11.6 Å². The van der Waals surface area contributed by atoms with Gasteiger partial charge in [0.05, 0.1) is 6.20 Å². The molecule has 19 heavy (non-hydrogen) atoms. The lowest BCUT2D eigenvalue weighted by atomic mass is 10.2. The van der Waals surface area contributed by atoms with Crippen molar-refractivity contribution in [1.82, 2.24) is 14.9 Å². The van der Waals surface area contributed by atoms with Crippen LogP contribution in [0.2, 0.25) is 5.02 Å². The van der Waals surface area contributed by atoms with E-state index in [1.165, 1.54) is 0 Å². The van der Waals surface area contributed by atoms with Crippen LogP contribution in [0, 0.1) is 5.92 Å². The Morgan fingerprint density at radius 2 is 2.00 bits per heavy atom. The smallest absolute Gasteiger partial charge is 0.224 e. The summed E-state index contributed by atoms with van der Waals surface area (Å²) in [4.78, 5) is 13.0. The van der Waals surface area contributed by atoms with Crippen LogP contribution in [0.1, 0.15) is 13.8 Å². The summed E-state index contributed by atoms with van der Waals surface area (Å²) in [7, 11) is 5.93. The molecule has 0 aliphatic carbocycles. The molecule has 0 aromatic carbocycles. The van der Waals surface area contributed by atoms with Crippen molar-refractivity contribution in [1.29, 1.82) is 0 Å². The number of nitrogens with zero attached hydrogens (tertiary/aromatic N) is 4. The molecule has 0 bridgehead atoms. The molecule has 0 saturated heterocycles. The summed E-state index contributed by atoms with van der Waals surface area (Å²) in [5, 5.41) is 3.55. The molecule has 6 heteroatoms. The zero-order valence-corrected chi connectivity index (χ0v) is 13.2. The molecule has 1 heterocycles. The second-order valence-corrected chi connectivity index (χ2v) is 5.67. The Morgan fingerprint density at radius 1 is 1.32 bits per heavy atom. The summed E-state index contributed by atoms with van der Waals surface area (Å²) in [6, 6.07) is 0. The highest BCUT2D eigenvalue weighted by atomic mass is 35.5. The monoisotopic (exact) mass is 285 g/mol. The van der Waals surface area contributed by atoms with Gasteiger partial charge in [0.2, 0.25) is 5.95 Å². The molecule has 1 rings (SSSR count). The summed E-state index contributed by atoms with van der Waals surface area (Å²) in [6.45, 7) is 7.16. The van der Waals surface area contributed by atoms with Crippen LogP contribution in [0.3, 0.4) is 0 Å². The van der Waals surface area contributed by atoms with Crippen LogP contribution >= 0.6 is 11.6 Å². The van der Waals surface area contributed by atoms with Gasteiger partial charge in [0.15, 0.2) is 5.82 Å². The first-order chi connectivity index (χ1) is 8.93. The van der Waals surface area contributed by atoms with Crippen LogP contribution in [0.5, 0.6) is 0 Å². The van der Waals surface area contributed by atoms with E-state index >= 15 is 0 Å². The standard InChI is InChI=1S/C13H24ClN5/c1-10(2)9-19(7-6-18(4)5)12-11(14)8-16-13(15-3)17-12/h8,10H,6-7,9H2,1-5H3,(H,15,16,17). The molecule has 1 aromatic heterocycles. The van der Waals surface area contributed by atoms with Crippen molar-refractivity contribution >= 4 is 23.4 Å². The number of hydrogen-bond donors (Lipinski definition) is 1. The van der Waals surface area contributed by atoms with E-state index in [2.05, 4.69) is 53.0 Å². The maximum Gasteiger partial charge on any atom is 0.224 e. The fraction of sp³-hybridized carbons (Fsp3) is 0.692. The molecule has 0 saturated carbocycles. The van der Waals surface area contributed by atoms with Crippen LogP contribution in [0.4, 0.5) is 11.8 Å². The number of anilines is 2. The zero-order chi connectivity index (χ0) is 14.4. The molecular formula is C13H24ClN5. The number of hydrogen-bond acceptors (Lipinski definition) is 5. The van der Waals surface area contributed by atoms with E-state index in [9.17, 15) is 0 Å². The quantitative estimate of drug-likeness (QED) is 0.832. The van der Waals surface area contributed by atoms with E-state index < -0.39 is 0 Å². The lowest BCUT2D eigenvalue weighted by Gasteiger charge is -2.27. The molecular weight excluding hydrogens is 262 g/mol. The topological polar surface area (TPSA) is 44.3 Å². The Hall–Kier alpha value is -1.07. The lowest BCUT2D eigenvalue weighted by molar-refractivity contribution is 0.408. The van der Waals surface area contributed by atoms with Crippen LogP contribution < -0.4 is 10.2 Å². The minimum atomic E-state index is 0.547. The number of nitrogens with one attached hydrogen (secondary N) is 1. The minimum absolute atomic E-state index is 0.547. The van der Waals surface area contributed by atoms with E-state index in [1.807, 2.05) is 0 Å². The number of halogens is 1. The van der Waals surface area contributed by atoms with Gasteiger partial charge in [-0.25, -0.2) is 4.98 Å². The van der Waals surface area contributed by atoms with Crippen molar-refractivity contribution < 1.29 is 0 Å². The normalized spacial score (nSPS) is 11.2. The third-order valence-corrected chi connectivity index (χ3v) is 2.92. The van der Waals surface area contributed by atoms with Gasteiger partial charge in [-0.3, -0.25) is 0 Å². The summed E-state index contributed by atoms with van der Waals surface area (Å²) >= 11 is 6.24. The molecule has 0 amide bonds. The molecule has 108 valence electrons. The highest BCUT2D eigenvalue weighted by molar-refractivity contribution is 6.32. The van der Waals surface area contributed by atoms with Crippen LogP contribution in [-0.4, -0.2) is 55.6 Å². The lowest BCUT2D eigenvalue weighted by Crippen LogP contribution is -2.35. The fourth-order valence-corrected chi connectivity index (χ4v) is 1.96. The summed E-state index contributed by atoms with van der Waals surface area (Å²) in [5.41, 5.74) is 0. The highest BCUT2D eigenvalue weighted by Gasteiger charge is 2.15. The Kier molecular flexibility index (Phi) is 6.31. The van der Waals surface area contributed by atoms with E-state index in [-0.39, 0.29) is 0 Å². The maximum absolute atomic E-state index is 6.24. The Morgan fingerprint density at radius 3 is 2.53 bits per heavy atom.